The lowest BCUT2D eigenvalue weighted by Gasteiger charge is -2.24. The zero-order chi connectivity index (χ0) is 11.4. The Morgan fingerprint density at radius 3 is 2.60 bits per heavy atom. The summed E-state index contributed by atoms with van der Waals surface area (Å²) in [5, 5.41) is 9.69. The number of rotatable bonds is 5. The molecule has 0 fully saturated rings. The van der Waals surface area contributed by atoms with Crippen LogP contribution in [-0.2, 0) is 4.79 Å². The summed E-state index contributed by atoms with van der Waals surface area (Å²) in [4.78, 5) is 17.0. The minimum absolute atomic E-state index is 0.517. The van der Waals surface area contributed by atoms with Gasteiger partial charge < -0.3 is 5.11 Å². The number of carboxylic acids is 1. The van der Waals surface area contributed by atoms with Crippen LogP contribution < -0.4 is 0 Å². The molecule has 15 heavy (non-hydrogen) atoms. The molecule has 0 aliphatic heterocycles. The number of aromatic nitrogens is 1. The number of carboxylic acid groups (broad SMARTS) is 1. The largest absolute Gasteiger partial charge is 0.480 e. The molecule has 1 unspecified atom stereocenters. The summed E-state index contributed by atoms with van der Waals surface area (Å²) >= 11 is 6.96. The number of aliphatic carboxylic acids is 1. The van der Waals surface area contributed by atoms with E-state index in [2.05, 4.69) is 4.98 Å². The molecule has 0 aromatic carbocycles. The SMILES string of the molecule is CCN(CC)C(C(=O)O)c1ncc(Cl)s1. The average Bonchev–Trinajstić information content (AvgIpc) is 2.59. The molecule has 0 radical (unpaired) electrons. The molecule has 6 heteroatoms. The Hall–Kier alpha value is -0.650. The van der Waals surface area contributed by atoms with Gasteiger partial charge in [0.05, 0.1) is 6.20 Å². The van der Waals surface area contributed by atoms with Crippen molar-refractivity contribution in [3.05, 3.63) is 15.5 Å². The molecule has 0 aliphatic carbocycles. The molecular formula is C9H13ClN2O2S. The Morgan fingerprint density at radius 1 is 1.67 bits per heavy atom. The average molecular weight is 249 g/mol. The van der Waals surface area contributed by atoms with Gasteiger partial charge in [0.15, 0.2) is 6.04 Å². The molecule has 4 nitrogen and oxygen atoms in total. The Balaban J connectivity index is 2.97. The first-order valence-electron chi connectivity index (χ1n) is 4.68. The van der Waals surface area contributed by atoms with Gasteiger partial charge in [0.25, 0.3) is 0 Å². The number of carbonyl (C=O) groups is 1. The van der Waals surface area contributed by atoms with Gasteiger partial charge in [-0.3, -0.25) is 9.69 Å². The first-order chi connectivity index (χ1) is 7.10. The lowest BCUT2D eigenvalue weighted by Crippen LogP contribution is -2.33. The molecule has 1 rings (SSSR count). The maximum Gasteiger partial charge on any atom is 0.328 e. The first kappa shape index (κ1) is 12.4. The number of hydrogen-bond acceptors (Lipinski definition) is 4. The maximum absolute atomic E-state index is 11.2. The third-order valence-corrected chi connectivity index (χ3v) is 3.31. The van der Waals surface area contributed by atoms with E-state index in [1.165, 1.54) is 17.5 Å². The minimum Gasteiger partial charge on any atom is -0.480 e. The van der Waals surface area contributed by atoms with Crippen LogP contribution in [0.4, 0.5) is 0 Å². The van der Waals surface area contributed by atoms with Gasteiger partial charge >= 0.3 is 5.97 Å². The van der Waals surface area contributed by atoms with Crippen molar-refractivity contribution in [1.82, 2.24) is 9.88 Å². The summed E-state index contributed by atoms with van der Waals surface area (Å²) in [6.45, 7) is 5.19. The van der Waals surface area contributed by atoms with Crippen molar-refractivity contribution in [3.8, 4) is 0 Å². The second-order valence-corrected chi connectivity index (χ2v) is 4.66. The molecule has 0 saturated heterocycles. The second kappa shape index (κ2) is 5.44. The van der Waals surface area contributed by atoms with Crippen LogP contribution in [0.1, 0.15) is 24.9 Å². The van der Waals surface area contributed by atoms with E-state index < -0.39 is 12.0 Å². The lowest BCUT2D eigenvalue weighted by molar-refractivity contribution is -0.143. The van der Waals surface area contributed by atoms with Crippen molar-refractivity contribution in [1.29, 1.82) is 0 Å². The monoisotopic (exact) mass is 248 g/mol. The van der Waals surface area contributed by atoms with Crippen molar-refractivity contribution in [2.45, 2.75) is 19.9 Å². The van der Waals surface area contributed by atoms with Gasteiger partial charge in [-0.25, -0.2) is 4.98 Å². The number of hydrogen-bond donors (Lipinski definition) is 1. The van der Waals surface area contributed by atoms with E-state index in [1.54, 1.807) is 0 Å². The fraction of sp³-hybridized carbons (Fsp3) is 0.556. The topological polar surface area (TPSA) is 53.4 Å². The zero-order valence-corrected chi connectivity index (χ0v) is 10.2. The predicted octanol–water partition coefficient (Wildman–Crippen LogP) is 2.26. The second-order valence-electron chi connectivity index (χ2n) is 2.96. The molecule has 0 amide bonds. The van der Waals surface area contributed by atoms with E-state index in [9.17, 15) is 4.79 Å². The first-order valence-corrected chi connectivity index (χ1v) is 5.87. The number of likely N-dealkylation sites (N-methyl/N-ethyl adjacent to an activating group) is 1. The van der Waals surface area contributed by atoms with E-state index in [0.717, 1.165) is 0 Å². The third kappa shape index (κ3) is 2.90. The van der Waals surface area contributed by atoms with E-state index >= 15 is 0 Å². The van der Waals surface area contributed by atoms with Crippen LogP contribution in [0, 0.1) is 0 Å². The molecule has 0 bridgehead atoms. The molecule has 84 valence electrons. The highest BCUT2D eigenvalue weighted by Crippen LogP contribution is 2.27. The van der Waals surface area contributed by atoms with Crippen LogP contribution in [0.2, 0.25) is 4.34 Å². The molecule has 0 spiro atoms. The van der Waals surface area contributed by atoms with E-state index in [0.29, 0.717) is 22.4 Å². The van der Waals surface area contributed by atoms with Crippen LogP contribution in [0.3, 0.4) is 0 Å². The van der Waals surface area contributed by atoms with Crippen LogP contribution in [0.25, 0.3) is 0 Å². The lowest BCUT2D eigenvalue weighted by atomic mass is 10.2. The quantitative estimate of drug-likeness (QED) is 0.869. The summed E-state index contributed by atoms with van der Waals surface area (Å²) in [5.74, 6) is -0.885. The van der Waals surface area contributed by atoms with Crippen molar-refractivity contribution in [3.63, 3.8) is 0 Å². The van der Waals surface area contributed by atoms with Gasteiger partial charge in [0.1, 0.15) is 9.34 Å². The highest BCUT2D eigenvalue weighted by atomic mass is 35.5. The fourth-order valence-corrected chi connectivity index (χ4v) is 2.46. The summed E-state index contributed by atoms with van der Waals surface area (Å²) in [6.07, 6.45) is 1.49. The van der Waals surface area contributed by atoms with Gasteiger partial charge in [0.2, 0.25) is 0 Å². The standard InChI is InChI=1S/C9H13ClN2O2S/c1-3-12(4-2)7(9(13)14)8-11-5-6(10)15-8/h5,7H,3-4H2,1-2H3,(H,13,14). The van der Waals surface area contributed by atoms with Gasteiger partial charge in [0, 0.05) is 0 Å². The maximum atomic E-state index is 11.2. The van der Waals surface area contributed by atoms with Crippen molar-refractivity contribution < 1.29 is 9.90 Å². The molecule has 1 heterocycles. The molecule has 1 N–H and O–H groups in total. The van der Waals surface area contributed by atoms with E-state index in [1.807, 2.05) is 18.7 Å². The van der Waals surface area contributed by atoms with E-state index in [4.69, 9.17) is 16.7 Å². The molecule has 0 aliphatic rings. The molecule has 1 atom stereocenters. The normalized spacial score (nSPS) is 13.1. The molecule has 1 aromatic heterocycles. The van der Waals surface area contributed by atoms with Gasteiger partial charge in [-0.1, -0.05) is 25.4 Å². The highest BCUT2D eigenvalue weighted by Gasteiger charge is 2.28. The smallest absolute Gasteiger partial charge is 0.328 e. The zero-order valence-electron chi connectivity index (χ0n) is 8.61. The molecule has 0 saturated carbocycles. The number of thiazole rings is 1. The molecule has 1 aromatic rings. The van der Waals surface area contributed by atoms with Crippen LogP contribution in [0.5, 0.6) is 0 Å². The van der Waals surface area contributed by atoms with Crippen LogP contribution >= 0.6 is 22.9 Å². The number of nitrogens with zero attached hydrogens (tertiary/aromatic N) is 2. The highest BCUT2D eigenvalue weighted by molar-refractivity contribution is 7.16. The van der Waals surface area contributed by atoms with Gasteiger partial charge in [-0.15, -0.1) is 11.3 Å². The molecular weight excluding hydrogens is 236 g/mol. The minimum atomic E-state index is -0.885. The predicted molar refractivity (Wildman–Crippen MR) is 60.4 cm³/mol. The van der Waals surface area contributed by atoms with Gasteiger partial charge in [-0.2, -0.15) is 0 Å². The number of halogens is 1. The van der Waals surface area contributed by atoms with E-state index in [-0.39, 0.29) is 0 Å². The summed E-state index contributed by atoms with van der Waals surface area (Å²) in [7, 11) is 0. The Labute approximate surface area is 97.5 Å². The van der Waals surface area contributed by atoms with Crippen molar-refractivity contribution in [2.24, 2.45) is 0 Å². The van der Waals surface area contributed by atoms with Crippen molar-refractivity contribution in [2.75, 3.05) is 13.1 Å². The summed E-state index contributed by atoms with van der Waals surface area (Å²) < 4.78 is 0.517. The van der Waals surface area contributed by atoms with Crippen LogP contribution in [0.15, 0.2) is 6.20 Å². The Morgan fingerprint density at radius 2 is 2.27 bits per heavy atom. The fourth-order valence-electron chi connectivity index (χ4n) is 1.40. The Kier molecular flexibility index (Phi) is 4.50. The third-order valence-electron chi connectivity index (χ3n) is 2.14. The van der Waals surface area contributed by atoms with Gasteiger partial charge in [-0.05, 0) is 13.1 Å². The van der Waals surface area contributed by atoms with Crippen LogP contribution in [-0.4, -0.2) is 34.0 Å². The summed E-state index contributed by atoms with van der Waals surface area (Å²) in [5.41, 5.74) is 0. The Bertz CT molecular complexity index is 339. The summed E-state index contributed by atoms with van der Waals surface area (Å²) in [6, 6.07) is -0.683. The van der Waals surface area contributed by atoms with Crippen molar-refractivity contribution >= 4 is 28.9 Å².